The number of nitrogens with one attached hydrogen (secondary N) is 1. The predicted molar refractivity (Wildman–Crippen MR) is 86.0 cm³/mol. The Morgan fingerprint density at radius 1 is 1.42 bits per heavy atom. The highest BCUT2D eigenvalue weighted by atomic mass is 16.5. The first-order valence-electron chi connectivity index (χ1n) is 7.73. The molecular formula is C16H20N4O4. The largest absolute Gasteiger partial charge is 0.480 e. The van der Waals surface area contributed by atoms with Gasteiger partial charge in [-0.25, -0.2) is 0 Å². The van der Waals surface area contributed by atoms with Crippen molar-refractivity contribution in [2.75, 3.05) is 19.1 Å². The first-order valence-corrected chi connectivity index (χ1v) is 7.73. The number of carbonyl (C=O) groups excluding carboxylic acids is 2. The van der Waals surface area contributed by atoms with Crippen LogP contribution in [0.25, 0.3) is 0 Å². The van der Waals surface area contributed by atoms with Crippen molar-refractivity contribution >= 4 is 17.5 Å². The quantitative estimate of drug-likeness (QED) is 0.910. The van der Waals surface area contributed by atoms with Crippen LogP contribution in [0.2, 0.25) is 0 Å². The number of rotatable bonds is 4. The van der Waals surface area contributed by atoms with Crippen LogP contribution in [0.5, 0.6) is 5.88 Å². The molecule has 0 unspecified atom stereocenters. The lowest BCUT2D eigenvalue weighted by molar-refractivity contribution is -0.118. The van der Waals surface area contributed by atoms with Gasteiger partial charge >= 0.3 is 0 Å². The molecule has 1 N–H and O–H groups in total. The second kappa shape index (κ2) is 6.38. The molecule has 2 aromatic rings. The number of methoxy groups -OCH3 is 1. The molecule has 3 heterocycles. The highest BCUT2D eigenvalue weighted by molar-refractivity contribution is 6.05. The molecule has 24 heavy (non-hydrogen) atoms. The number of aromatic nitrogens is 2. The van der Waals surface area contributed by atoms with Gasteiger partial charge in [0, 0.05) is 33.1 Å². The van der Waals surface area contributed by atoms with Gasteiger partial charge in [0.1, 0.15) is 17.6 Å². The number of aryl methyl sites for hydroxylation is 2. The lowest BCUT2D eigenvalue weighted by Gasteiger charge is -2.16. The number of ether oxygens (including phenoxy) is 1. The van der Waals surface area contributed by atoms with E-state index in [0.717, 1.165) is 12.0 Å². The number of furan rings is 1. The maximum Gasteiger partial charge on any atom is 0.256 e. The van der Waals surface area contributed by atoms with E-state index < -0.39 is 0 Å². The van der Waals surface area contributed by atoms with Crippen LogP contribution in [0.3, 0.4) is 0 Å². The standard InChI is InChI=1S/C16H20N4O4/c1-19-8-10(16(18-19)23-3)7-17-15(22)11-9-24-12-5-4-6-13(21)20(2)14(11)12/h8-9H,4-7H2,1-3H3,(H,17,22). The van der Waals surface area contributed by atoms with Gasteiger partial charge in [-0.2, -0.15) is 0 Å². The number of nitrogens with zero attached hydrogens (tertiary/aromatic N) is 3. The van der Waals surface area contributed by atoms with Crippen LogP contribution >= 0.6 is 0 Å². The molecule has 1 aliphatic rings. The number of hydrogen-bond donors (Lipinski definition) is 1. The Labute approximate surface area is 139 Å². The van der Waals surface area contributed by atoms with Crippen molar-refractivity contribution in [2.45, 2.75) is 25.8 Å². The lowest BCUT2D eigenvalue weighted by Crippen LogP contribution is -2.29. The third-order valence-corrected chi connectivity index (χ3v) is 4.09. The molecule has 0 fully saturated rings. The monoisotopic (exact) mass is 332 g/mol. The molecule has 3 rings (SSSR count). The zero-order valence-corrected chi connectivity index (χ0v) is 14.0. The number of anilines is 1. The topological polar surface area (TPSA) is 89.6 Å². The summed E-state index contributed by atoms with van der Waals surface area (Å²) >= 11 is 0. The predicted octanol–water partition coefficient (Wildman–Crippen LogP) is 1.25. The first-order chi connectivity index (χ1) is 11.5. The van der Waals surface area contributed by atoms with Crippen LogP contribution in [0.1, 0.15) is 34.5 Å². The van der Waals surface area contributed by atoms with E-state index in [4.69, 9.17) is 9.15 Å². The maximum atomic E-state index is 12.5. The van der Waals surface area contributed by atoms with Crippen molar-refractivity contribution in [1.29, 1.82) is 0 Å². The van der Waals surface area contributed by atoms with Crippen LogP contribution in [0.4, 0.5) is 5.69 Å². The second-order valence-electron chi connectivity index (χ2n) is 5.75. The number of fused-ring (bicyclic) bond motifs is 1. The van der Waals surface area contributed by atoms with Crippen molar-refractivity contribution in [1.82, 2.24) is 15.1 Å². The van der Waals surface area contributed by atoms with Gasteiger partial charge in [-0.3, -0.25) is 14.3 Å². The van der Waals surface area contributed by atoms with Crippen LogP contribution < -0.4 is 15.0 Å². The Bertz CT molecular complexity index is 777. The fourth-order valence-electron chi connectivity index (χ4n) is 2.87. The smallest absolute Gasteiger partial charge is 0.256 e. The maximum absolute atomic E-state index is 12.5. The molecule has 0 aromatic carbocycles. The van der Waals surface area contributed by atoms with Gasteiger partial charge in [0.05, 0.1) is 24.9 Å². The van der Waals surface area contributed by atoms with E-state index in [-0.39, 0.29) is 18.4 Å². The molecule has 128 valence electrons. The number of amides is 2. The molecule has 8 heteroatoms. The van der Waals surface area contributed by atoms with Crippen molar-refractivity contribution in [3.8, 4) is 5.88 Å². The average molecular weight is 332 g/mol. The third-order valence-electron chi connectivity index (χ3n) is 4.09. The fourth-order valence-corrected chi connectivity index (χ4v) is 2.87. The summed E-state index contributed by atoms with van der Waals surface area (Å²) in [5, 5.41) is 6.97. The molecule has 0 aliphatic carbocycles. The van der Waals surface area contributed by atoms with Crippen LogP contribution in [0.15, 0.2) is 16.9 Å². The van der Waals surface area contributed by atoms with E-state index in [9.17, 15) is 9.59 Å². The summed E-state index contributed by atoms with van der Waals surface area (Å²) in [5.41, 5.74) is 1.70. The Morgan fingerprint density at radius 2 is 2.21 bits per heavy atom. The summed E-state index contributed by atoms with van der Waals surface area (Å²) in [4.78, 5) is 26.1. The van der Waals surface area contributed by atoms with Crippen LogP contribution in [-0.4, -0.2) is 35.8 Å². The van der Waals surface area contributed by atoms with Crippen LogP contribution in [0, 0.1) is 0 Å². The fraction of sp³-hybridized carbons (Fsp3) is 0.438. The Morgan fingerprint density at radius 3 is 2.96 bits per heavy atom. The number of hydrogen-bond acceptors (Lipinski definition) is 5. The van der Waals surface area contributed by atoms with E-state index in [0.29, 0.717) is 35.7 Å². The van der Waals surface area contributed by atoms with Gasteiger partial charge in [-0.15, -0.1) is 5.10 Å². The minimum absolute atomic E-state index is 0.0156. The van der Waals surface area contributed by atoms with Gasteiger partial charge in [-0.05, 0) is 6.42 Å². The SMILES string of the molecule is COc1nn(C)cc1CNC(=O)c1coc2c1N(C)C(=O)CCC2. The van der Waals surface area contributed by atoms with Gasteiger partial charge in [0.2, 0.25) is 11.8 Å². The van der Waals surface area contributed by atoms with Gasteiger partial charge in [-0.1, -0.05) is 0 Å². The Balaban J connectivity index is 1.79. The van der Waals surface area contributed by atoms with Crippen LogP contribution in [-0.2, 0) is 24.8 Å². The lowest BCUT2D eigenvalue weighted by atomic mass is 10.2. The Kier molecular flexibility index (Phi) is 4.28. The molecule has 0 saturated heterocycles. The van der Waals surface area contributed by atoms with E-state index in [1.54, 1.807) is 25.0 Å². The van der Waals surface area contributed by atoms with Crippen molar-refractivity contribution in [2.24, 2.45) is 7.05 Å². The zero-order chi connectivity index (χ0) is 17.3. The summed E-state index contributed by atoms with van der Waals surface area (Å²) in [6.45, 7) is 0.271. The van der Waals surface area contributed by atoms with Crippen molar-refractivity contribution < 1.29 is 18.7 Å². The van der Waals surface area contributed by atoms with E-state index >= 15 is 0 Å². The molecule has 0 spiro atoms. The molecule has 0 radical (unpaired) electrons. The zero-order valence-electron chi connectivity index (χ0n) is 14.0. The molecule has 0 saturated carbocycles. The minimum atomic E-state index is -0.299. The highest BCUT2D eigenvalue weighted by Crippen LogP contribution is 2.31. The summed E-state index contributed by atoms with van der Waals surface area (Å²) in [5.74, 6) is 0.828. The second-order valence-corrected chi connectivity index (χ2v) is 5.75. The Hall–Kier alpha value is -2.77. The average Bonchev–Trinajstić information content (AvgIpc) is 3.11. The summed E-state index contributed by atoms with van der Waals surface area (Å²) in [6, 6.07) is 0. The van der Waals surface area contributed by atoms with E-state index in [1.807, 2.05) is 0 Å². The molecule has 0 atom stereocenters. The normalized spacial score (nSPS) is 14.3. The highest BCUT2D eigenvalue weighted by Gasteiger charge is 2.28. The number of carbonyl (C=O) groups is 2. The first kappa shape index (κ1) is 16.1. The summed E-state index contributed by atoms with van der Waals surface area (Å²) < 4.78 is 12.3. The molecule has 0 bridgehead atoms. The summed E-state index contributed by atoms with van der Waals surface area (Å²) in [6.07, 6.45) is 5.02. The van der Waals surface area contributed by atoms with Gasteiger partial charge in [0.15, 0.2) is 0 Å². The van der Waals surface area contributed by atoms with E-state index in [2.05, 4.69) is 10.4 Å². The summed E-state index contributed by atoms with van der Waals surface area (Å²) in [7, 11) is 4.98. The molecular weight excluding hydrogens is 312 g/mol. The van der Waals surface area contributed by atoms with E-state index in [1.165, 1.54) is 18.3 Å². The minimum Gasteiger partial charge on any atom is -0.480 e. The molecule has 8 nitrogen and oxygen atoms in total. The van der Waals surface area contributed by atoms with Gasteiger partial charge in [0.25, 0.3) is 5.91 Å². The van der Waals surface area contributed by atoms with Crippen molar-refractivity contribution in [3.05, 3.63) is 29.3 Å². The van der Waals surface area contributed by atoms with Crippen molar-refractivity contribution in [3.63, 3.8) is 0 Å². The molecule has 2 amide bonds. The van der Waals surface area contributed by atoms with Gasteiger partial charge < -0.3 is 19.4 Å². The molecule has 2 aromatic heterocycles. The third kappa shape index (κ3) is 2.86. The molecule has 1 aliphatic heterocycles.